The molecule has 2 amide bonds. The fraction of sp³-hybridized carbons (Fsp3) is 0.455. The zero-order valence-electron chi connectivity index (χ0n) is 19.5. The minimum Gasteiger partial charge on any atom is -0.475 e. The van der Waals surface area contributed by atoms with Crippen molar-refractivity contribution in [3.8, 4) is 5.88 Å². The molecule has 0 bridgehead atoms. The topological polar surface area (TPSA) is 124 Å². The van der Waals surface area contributed by atoms with Gasteiger partial charge in [-0.3, -0.25) is 14.6 Å². The maximum Gasteiger partial charge on any atom is 0.256 e. The number of carbonyl (C=O) groups excluding carboxylic acids is 2. The molecule has 11 nitrogen and oxygen atoms in total. The third-order valence-corrected chi connectivity index (χ3v) is 6.63. The molecule has 0 aromatic carbocycles. The number of aromatic nitrogens is 5. The van der Waals surface area contributed by atoms with Crippen molar-refractivity contribution in [1.29, 1.82) is 0 Å². The van der Waals surface area contributed by atoms with Crippen molar-refractivity contribution in [1.82, 2.24) is 34.8 Å². The van der Waals surface area contributed by atoms with Gasteiger partial charge in [-0.15, -0.1) is 16.9 Å². The monoisotopic (exact) mass is 517 g/mol. The van der Waals surface area contributed by atoms with Gasteiger partial charge in [0.1, 0.15) is 12.7 Å². The first-order valence-corrected chi connectivity index (χ1v) is 13.4. The van der Waals surface area contributed by atoms with E-state index in [1.165, 1.54) is 23.5 Å². The van der Waals surface area contributed by atoms with Crippen LogP contribution >= 0.6 is 23.5 Å². The summed E-state index contributed by atoms with van der Waals surface area (Å²) < 4.78 is 13.4. The summed E-state index contributed by atoms with van der Waals surface area (Å²) in [5, 5.41) is 7.86. The van der Waals surface area contributed by atoms with Crippen molar-refractivity contribution in [2.24, 2.45) is 0 Å². The van der Waals surface area contributed by atoms with Crippen molar-refractivity contribution in [3.05, 3.63) is 41.9 Å². The molecule has 1 fully saturated rings. The summed E-state index contributed by atoms with van der Waals surface area (Å²) >= 11 is 2.73. The molecule has 35 heavy (non-hydrogen) atoms. The fourth-order valence-electron chi connectivity index (χ4n) is 3.42. The Labute approximate surface area is 211 Å². The van der Waals surface area contributed by atoms with Gasteiger partial charge < -0.3 is 19.7 Å². The average Bonchev–Trinajstić information content (AvgIpc) is 3.30. The predicted octanol–water partition coefficient (Wildman–Crippen LogP) is 1.21. The van der Waals surface area contributed by atoms with Crippen LogP contribution in [0.1, 0.15) is 11.3 Å². The molecule has 4 heterocycles. The van der Waals surface area contributed by atoms with Crippen LogP contribution < -0.4 is 10.1 Å². The van der Waals surface area contributed by atoms with Crippen LogP contribution in [-0.2, 0) is 20.9 Å². The summed E-state index contributed by atoms with van der Waals surface area (Å²) in [5.74, 6) is 1.34. The van der Waals surface area contributed by atoms with Gasteiger partial charge in [-0.2, -0.15) is 9.50 Å². The molecule has 0 radical (unpaired) electrons. The van der Waals surface area contributed by atoms with E-state index in [1.54, 1.807) is 27.9 Å². The summed E-state index contributed by atoms with van der Waals surface area (Å²) in [6.45, 7) is 3.95. The van der Waals surface area contributed by atoms with Crippen LogP contribution in [0.15, 0.2) is 35.7 Å². The van der Waals surface area contributed by atoms with E-state index in [0.717, 1.165) is 11.3 Å². The minimum atomic E-state index is -0.270. The maximum absolute atomic E-state index is 12.7. The highest BCUT2D eigenvalue weighted by Gasteiger charge is 2.25. The first-order valence-electron chi connectivity index (χ1n) is 11.1. The standard InChI is InChI=1S/C22H27N7O4S2/c1-15-9-20(29-21(25-15)26-22(27-29)34-2)33-12-17-11-28(7-8-32-17)19(31)14-35-13-18(30)24-10-16-3-5-23-6-4-16/h3-6,9,17H,7-8,10-14H2,1-2H3,(H,24,30). The summed E-state index contributed by atoms with van der Waals surface area (Å²) in [5.41, 5.74) is 1.75. The lowest BCUT2D eigenvalue weighted by atomic mass is 10.3. The first-order chi connectivity index (χ1) is 17.0. The van der Waals surface area contributed by atoms with Crippen molar-refractivity contribution < 1.29 is 19.1 Å². The lowest BCUT2D eigenvalue weighted by Gasteiger charge is -2.32. The zero-order valence-corrected chi connectivity index (χ0v) is 21.2. The van der Waals surface area contributed by atoms with Gasteiger partial charge in [0.25, 0.3) is 5.78 Å². The van der Waals surface area contributed by atoms with Gasteiger partial charge in [-0.1, -0.05) is 11.8 Å². The van der Waals surface area contributed by atoms with E-state index >= 15 is 0 Å². The third-order valence-electron chi connectivity index (χ3n) is 5.18. The van der Waals surface area contributed by atoms with E-state index in [-0.39, 0.29) is 36.0 Å². The van der Waals surface area contributed by atoms with Crippen LogP contribution in [-0.4, -0.2) is 91.4 Å². The summed E-state index contributed by atoms with van der Waals surface area (Å²) in [6.07, 6.45) is 5.00. The molecule has 1 saturated heterocycles. The molecule has 3 aromatic rings. The molecule has 1 aliphatic rings. The number of hydrogen-bond acceptors (Lipinski definition) is 10. The van der Waals surface area contributed by atoms with Crippen molar-refractivity contribution >= 4 is 41.1 Å². The normalized spacial score (nSPS) is 15.8. The van der Waals surface area contributed by atoms with Gasteiger partial charge in [0.2, 0.25) is 22.9 Å². The molecule has 1 aliphatic heterocycles. The number of aryl methyl sites for hydroxylation is 1. The van der Waals surface area contributed by atoms with Crippen molar-refractivity contribution in [2.75, 3.05) is 44.1 Å². The van der Waals surface area contributed by atoms with Crippen LogP contribution in [0.4, 0.5) is 0 Å². The van der Waals surface area contributed by atoms with E-state index in [4.69, 9.17) is 9.47 Å². The van der Waals surface area contributed by atoms with E-state index in [9.17, 15) is 9.59 Å². The second-order valence-corrected chi connectivity index (χ2v) is 9.57. The van der Waals surface area contributed by atoms with Gasteiger partial charge >= 0.3 is 0 Å². The van der Waals surface area contributed by atoms with Gasteiger partial charge in [0.15, 0.2) is 0 Å². The van der Waals surface area contributed by atoms with Crippen LogP contribution in [0.5, 0.6) is 5.88 Å². The number of thioether (sulfide) groups is 2. The molecule has 4 rings (SSSR count). The Kier molecular flexibility index (Phi) is 8.77. The molecule has 0 saturated carbocycles. The molecule has 13 heteroatoms. The summed E-state index contributed by atoms with van der Waals surface area (Å²) in [6, 6.07) is 5.50. The van der Waals surface area contributed by atoms with E-state index in [1.807, 2.05) is 25.3 Å². The highest BCUT2D eigenvalue weighted by molar-refractivity contribution is 8.00. The predicted molar refractivity (Wildman–Crippen MR) is 133 cm³/mol. The van der Waals surface area contributed by atoms with Crippen LogP contribution in [0.25, 0.3) is 5.78 Å². The Morgan fingerprint density at radius 1 is 1.26 bits per heavy atom. The van der Waals surface area contributed by atoms with E-state index in [2.05, 4.69) is 25.4 Å². The number of hydrogen-bond donors (Lipinski definition) is 1. The van der Waals surface area contributed by atoms with Crippen LogP contribution in [0.2, 0.25) is 0 Å². The molecule has 1 unspecified atom stereocenters. The molecule has 0 spiro atoms. The Morgan fingerprint density at radius 3 is 2.89 bits per heavy atom. The first kappa shape index (κ1) is 25.2. The Morgan fingerprint density at radius 2 is 2.09 bits per heavy atom. The molecule has 0 aliphatic carbocycles. The van der Waals surface area contributed by atoms with E-state index < -0.39 is 0 Å². The number of nitrogens with one attached hydrogen (secondary N) is 1. The summed E-state index contributed by atoms with van der Waals surface area (Å²) in [7, 11) is 0. The molecular weight excluding hydrogens is 490 g/mol. The zero-order chi connectivity index (χ0) is 24.6. The number of pyridine rings is 1. The van der Waals surface area contributed by atoms with Gasteiger partial charge in [-0.25, -0.2) is 4.98 Å². The Bertz CT molecular complexity index is 1160. The number of rotatable bonds is 10. The number of carbonyl (C=O) groups is 2. The Hall–Kier alpha value is -2.90. The SMILES string of the molecule is CSc1nc2nc(C)cc(OCC3CN(C(=O)CSCC(=O)NCc4ccncc4)CCO3)n2n1. The van der Waals surface area contributed by atoms with Gasteiger partial charge in [-0.05, 0) is 30.9 Å². The van der Waals surface area contributed by atoms with Crippen molar-refractivity contribution in [3.63, 3.8) is 0 Å². The highest BCUT2D eigenvalue weighted by Crippen LogP contribution is 2.18. The van der Waals surface area contributed by atoms with Gasteiger partial charge in [0.05, 0.1) is 24.7 Å². The van der Waals surface area contributed by atoms with Gasteiger partial charge in [0, 0.05) is 37.2 Å². The second-order valence-electron chi connectivity index (χ2n) is 7.81. The molecule has 1 N–H and O–H groups in total. The quantitative estimate of drug-likeness (QED) is 0.392. The third kappa shape index (κ3) is 7.05. The second kappa shape index (κ2) is 12.2. The smallest absolute Gasteiger partial charge is 0.256 e. The van der Waals surface area contributed by atoms with E-state index in [0.29, 0.717) is 43.1 Å². The van der Waals surface area contributed by atoms with Crippen molar-refractivity contribution in [2.45, 2.75) is 24.7 Å². The molecular formula is C22H27N7O4S2. The minimum absolute atomic E-state index is 0.0201. The van der Waals surface area contributed by atoms with Crippen LogP contribution in [0, 0.1) is 6.92 Å². The number of morpholine rings is 1. The summed E-state index contributed by atoms with van der Waals surface area (Å²) in [4.78, 5) is 39.2. The largest absolute Gasteiger partial charge is 0.475 e. The molecule has 3 aromatic heterocycles. The number of fused-ring (bicyclic) bond motifs is 1. The lowest BCUT2D eigenvalue weighted by Crippen LogP contribution is -2.48. The number of nitrogens with zero attached hydrogens (tertiary/aromatic N) is 6. The van der Waals surface area contributed by atoms with Crippen LogP contribution in [0.3, 0.4) is 0 Å². The molecule has 1 atom stereocenters. The maximum atomic E-state index is 12.7. The highest BCUT2D eigenvalue weighted by atomic mass is 32.2. The number of amides is 2. The number of ether oxygens (including phenoxy) is 2. The Balaban J connectivity index is 1.21. The molecule has 186 valence electrons. The lowest BCUT2D eigenvalue weighted by molar-refractivity contribution is -0.137. The average molecular weight is 518 g/mol. The fourth-order valence-corrected chi connectivity index (χ4v) is 4.51.